The zero-order valence-corrected chi connectivity index (χ0v) is 9.83. The molecule has 0 aliphatic heterocycles. The predicted octanol–water partition coefficient (Wildman–Crippen LogP) is -1.50. The van der Waals surface area contributed by atoms with Crippen LogP contribution in [0.1, 0.15) is 12.5 Å². The third-order valence-corrected chi connectivity index (χ3v) is 2.39. The summed E-state index contributed by atoms with van der Waals surface area (Å²) in [6, 6.07) is 5.17. The second-order valence-electron chi connectivity index (χ2n) is 3.91. The molecule has 1 rings (SSSR count). The molecule has 6 nitrogen and oxygen atoms in total. The molecule has 0 radical (unpaired) electrons. The second-order valence-corrected chi connectivity index (χ2v) is 3.91. The molecule has 1 amide bonds. The summed E-state index contributed by atoms with van der Waals surface area (Å²) < 4.78 is 0. The Hall–Kier alpha value is -1.86. The Bertz CT molecular complexity index is 432. The van der Waals surface area contributed by atoms with Crippen molar-refractivity contribution in [3.05, 3.63) is 29.8 Å². The van der Waals surface area contributed by atoms with Gasteiger partial charge in [-0.1, -0.05) is 24.3 Å². The zero-order valence-electron chi connectivity index (χ0n) is 9.83. The summed E-state index contributed by atoms with van der Waals surface area (Å²) in [4.78, 5) is 21.8. The highest BCUT2D eigenvalue weighted by atomic mass is 16.4. The van der Waals surface area contributed by atoms with E-state index in [1.54, 1.807) is 12.1 Å². The molecule has 0 saturated carbocycles. The molecule has 0 aliphatic rings. The monoisotopic (exact) mass is 251 g/mol. The summed E-state index contributed by atoms with van der Waals surface area (Å²) in [6.07, 6.45) is 0.136. The Labute approximate surface area is 104 Å². The fourth-order valence-electron chi connectivity index (χ4n) is 1.51. The number of carbonyl (C=O) groups is 2. The average Bonchev–Trinajstić information content (AvgIpc) is 2.28. The van der Waals surface area contributed by atoms with Gasteiger partial charge < -0.3 is 20.5 Å². The standard InChI is InChI=1S/C11H14BNO5/c1-7(14)13-10(11(15)16)6-8-2-4-9(5-3-8)12(17)18/h2-5,10,17-18H,6H2,1H3,(H,13,14)(H,15,16). The lowest BCUT2D eigenvalue weighted by molar-refractivity contribution is -0.141. The molecule has 1 aromatic rings. The van der Waals surface area contributed by atoms with E-state index in [0.29, 0.717) is 11.0 Å². The molecule has 96 valence electrons. The number of carboxylic acid groups (broad SMARTS) is 1. The van der Waals surface area contributed by atoms with Crippen molar-refractivity contribution in [1.82, 2.24) is 5.32 Å². The fraction of sp³-hybridized carbons (Fsp3) is 0.273. The van der Waals surface area contributed by atoms with Crippen LogP contribution in [0.25, 0.3) is 0 Å². The Morgan fingerprint density at radius 1 is 1.28 bits per heavy atom. The zero-order chi connectivity index (χ0) is 13.7. The third-order valence-electron chi connectivity index (χ3n) is 2.39. The van der Waals surface area contributed by atoms with Crippen molar-refractivity contribution >= 4 is 24.5 Å². The van der Waals surface area contributed by atoms with Crippen LogP contribution in [0.4, 0.5) is 0 Å². The van der Waals surface area contributed by atoms with Gasteiger partial charge in [0.25, 0.3) is 0 Å². The molecule has 0 aliphatic carbocycles. The van der Waals surface area contributed by atoms with E-state index in [0.717, 1.165) is 0 Å². The van der Waals surface area contributed by atoms with Crippen molar-refractivity contribution in [3.8, 4) is 0 Å². The van der Waals surface area contributed by atoms with Crippen molar-refractivity contribution in [3.63, 3.8) is 0 Å². The second kappa shape index (κ2) is 6.18. The molecule has 1 unspecified atom stereocenters. The van der Waals surface area contributed by atoms with E-state index >= 15 is 0 Å². The van der Waals surface area contributed by atoms with E-state index < -0.39 is 25.0 Å². The van der Waals surface area contributed by atoms with E-state index in [9.17, 15) is 9.59 Å². The smallest absolute Gasteiger partial charge is 0.480 e. The van der Waals surface area contributed by atoms with Crippen molar-refractivity contribution in [2.45, 2.75) is 19.4 Å². The van der Waals surface area contributed by atoms with Gasteiger partial charge >= 0.3 is 13.1 Å². The van der Waals surface area contributed by atoms with Crippen molar-refractivity contribution in [2.75, 3.05) is 0 Å². The number of nitrogens with one attached hydrogen (secondary N) is 1. The third kappa shape index (κ3) is 4.19. The van der Waals surface area contributed by atoms with Crippen LogP contribution in [0, 0.1) is 0 Å². The first-order valence-corrected chi connectivity index (χ1v) is 5.35. The van der Waals surface area contributed by atoms with Gasteiger partial charge in [0, 0.05) is 13.3 Å². The molecular weight excluding hydrogens is 237 g/mol. The molecular formula is C11H14BNO5. The summed E-state index contributed by atoms with van der Waals surface area (Å²) in [5.74, 6) is -1.53. The molecule has 4 N–H and O–H groups in total. The van der Waals surface area contributed by atoms with Crippen LogP contribution in [0.5, 0.6) is 0 Å². The van der Waals surface area contributed by atoms with Gasteiger partial charge in [-0.05, 0) is 11.0 Å². The molecule has 0 bridgehead atoms. The number of rotatable bonds is 5. The van der Waals surface area contributed by atoms with Gasteiger partial charge in [-0.25, -0.2) is 4.79 Å². The number of aliphatic carboxylic acids is 1. The Kier molecular flexibility index (Phi) is 4.88. The van der Waals surface area contributed by atoms with Crippen molar-refractivity contribution in [1.29, 1.82) is 0 Å². The minimum Gasteiger partial charge on any atom is -0.480 e. The minimum atomic E-state index is -1.55. The summed E-state index contributed by atoms with van der Waals surface area (Å²) in [5, 5.41) is 29.1. The summed E-state index contributed by atoms with van der Waals surface area (Å²) in [7, 11) is -1.55. The average molecular weight is 251 g/mol. The van der Waals surface area contributed by atoms with Gasteiger partial charge in [-0.15, -0.1) is 0 Å². The summed E-state index contributed by atoms with van der Waals surface area (Å²) in [6.45, 7) is 1.25. The minimum absolute atomic E-state index is 0.136. The first kappa shape index (κ1) is 14.2. The van der Waals surface area contributed by atoms with Gasteiger partial charge in [-0.2, -0.15) is 0 Å². The largest absolute Gasteiger partial charge is 0.488 e. The Morgan fingerprint density at radius 3 is 2.22 bits per heavy atom. The topological polar surface area (TPSA) is 107 Å². The van der Waals surface area contributed by atoms with Gasteiger partial charge in [0.2, 0.25) is 5.91 Å². The SMILES string of the molecule is CC(=O)NC(Cc1ccc(B(O)O)cc1)C(=O)O. The number of hydrogen-bond donors (Lipinski definition) is 4. The van der Waals surface area contributed by atoms with Crippen molar-refractivity contribution in [2.24, 2.45) is 0 Å². The van der Waals surface area contributed by atoms with Gasteiger partial charge in [0.05, 0.1) is 0 Å². The fourth-order valence-corrected chi connectivity index (χ4v) is 1.51. The first-order valence-electron chi connectivity index (χ1n) is 5.35. The van der Waals surface area contributed by atoms with Crippen LogP contribution < -0.4 is 10.8 Å². The van der Waals surface area contributed by atoms with Gasteiger partial charge in [0.1, 0.15) is 6.04 Å². The maximum atomic E-state index is 10.9. The lowest BCUT2D eigenvalue weighted by Crippen LogP contribution is -2.41. The van der Waals surface area contributed by atoms with Crippen LogP contribution in [0.3, 0.4) is 0 Å². The van der Waals surface area contributed by atoms with Crippen LogP contribution in [-0.2, 0) is 16.0 Å². The van der Waals surface area contributed by atoms with E-state index in [1.807, 2.05) is 0 Å². The van der Waals surface area contributed by atoms with Crippen LogP contribution in [-0.4, -0.2) is 40.2 Å². The Morgan fingerprint density at radius 2 is 1.83 bits per heavy atom. The van der Waals surface area contributed by atoms with E-state index in [4.69, 9.17) is 15.2 Å². The van der Waals surface area contributed by atoms with Crippen LogP contribution in [0.2, 0.25) is 0 Å². The summed E-state index contributed by atoms with van der Waals surface area (Å²) >= 11 is 0. The highest BCUT2D eigenvalue weighted by molar-refractivity contribution is 6.58. The molecule has 7 heteroatoms. The molecule has 1 aromatic carbocycles. The molecule has 0 aromatic heterocycles. The highest BCUT2D eigenvalue weighted by Gasteiger charge is 2.19. The number of hydrogen-bond acceptors (Lipinski definition) is 4. The maximum absolute atomic E-state index is 10.9. The molecule has 0 spiro atoms. The van der Waals surface area contributed by atoms with Gasteiger partial charge in [-0.3, -0.25) is 4.79 Å². The maximum Gasteiger partial charge on any atom is 0.488 e. The van der Waals surface area contributed by atoms with E-state index in [1.165, 1.54) is 19.1 Å². The Balaban J connectivity index is 2.75. The van der Waals surface area contributed by atoms with Crippen LogP contribution >= 0.6 is 0 Å². The molecule has 0 heterocycles. The lowest BCUT2D eigenvalue weighted by atomic mass is 9.80. The molecule has 0 saturated heterocycles. The van der Waals surface area contributed by atoms with Crippen molar-refractivity contribution < 1.29 is 24.7 Å². The number of benzene rings is 1. The molecule has 1 atom stereocenters. The van der Waals surface area contributed by atoms with E-state index in [2.05, 4.69) is 5.32 Å². The quantitative estimate of drug-likeness (QED) is 0.476. The molecule has 18 heavy (non-hydrogen) atoms. The number of carboxylic acids is 1. The van der Waals surface area contributed by atoms with Gasteiger partial charge in [0.15, 0.2) is 0 Å². The number of amides is 1. The van der Waals surface area contributed by atoms with E-state index in [-0.39, 0.29) is 6.42 Å². The normalized spacial score (nSPS) is 11.7. The number of carbonyl (C=O) groups excluding carboxylic acids is 1. The van der Waals surface area contributed by atoms with Crippen LogP contribution in [0.15, 0.2) is 24.3 Å². The first-order chi connectivity index (χ1) is 8.40. The predicted molar refractivity (Wildman–Crippen MR) is 65.2 cm³/mol. The lowest BCUT2D eigenvalue weighted by Gasteiger charge is -2.13. The highest BCUT2D eigenvalue weighted by Crippen LogP contribution is 2.03. The molecule has 0 fully saturated rings. The summed E-state index contributed by atoms with van der Waals surface area (Å²) in [5.41, 5.74) is 1.01.